The molecule has 0 saturated heterocycles. The third-order valence-corrected chi connectivity index (χ3v) is 10.1. The van der Waals surface area contributed by atoms with Gasteiger partial charge in [-0.3, -0.25) is 4.79 Å². The fourth-order valence-corrected chi connectivity index (χ4v) is 6.84. The van der Waals surface area contributed by atoms with Gasteiger partial charge in [0.15, 0.2) is 17.3 Å². The van der Waals surface area contributed by atoms with Crippen LogP contribution in [0.2, 0.25) is 0 Å². The summed E-state index contributed by atoms with van der Waals surface area (Å²) in [4.78, 5) is 13.4. The van der Waals surface area contributed by atoms with E-state index >= 15 is 0 Å². The molecule has 0 saturated carbocycles. The van der Waals surface area contributed by atoms with Crippen molar-refractivity contribution in [2.75, 3.05) is 19.8 Å². The highest BCUT2D eigenvalue weighted by atomic mass is 79.9. The predicted molar refractivity (Wildman–Crippen MR) is 165 cm³/mol. The molecule has 0 spiro atoms. The molecular weight excluding hydrogens is 606 g/mol. The number of nitriles is 1. The molecule has 1 aromatic carbocycles. The number of Topliss-reactive ketones (excluding diaryl/α,β-unsaturated/α-hetero) is 1. The van der Waals surface area contributed by atoms with E-state index in [0.717, 1.165) is 61.9 Å². The zero-order valence-corrected chi connectivity index (χ0v) is 27.3. The molecule has 226 valence electrons. The number of sulfonamides is 1. The highest BCUT2D eigenvalue weighted by Gasteiger charge is 2.39. The van der Waals surface area contributed by atoms with Gasteiger partial charge in [-0.2, -0.15) is 5.26 Å². The minimum atomic E-state index is -3.22. The maximum atomic E-state index is 13.4. The Hall–Kier alpha value is -2.35. The molecule has 0 fully saturated rings. The van der Waals surface area contributed by atoms with Crippen molar-refractivity contribution in [1.29, 1.82) is 5.26 Å². The van der Waals surface area contributed by atoms with E-state index < -0.39 is 21.2 Å². The van der Waals surface area contributed by atoms with Crippen molar-refractivity contribution in [3.05, 3.63) is 44.7 Å². The summed E-state index contributed by atoms with van der Waals surface area (Å²) in [5.41, 5.74) is 3.78. The number of carbonyl (C=O) groups excluding carboxylic acids is 1. The third-order valence-electron chi connectivity index (χ3n) is 7.64. The van der Waals surface area contributed by atoms with Crippen molar-refractivity contribution in [1.82, 2.24) is 10.0 Å². The van der Waals surface area contributed by atoms with Gasteiger partial charge in [0.2, 0.25) is 10.0 Å². The molecule has 2 unspecified atom stereocenters. The zero-order valence-electron chi connectivity index (χ0n) is 24.9. The third kappa shape index (κ3) is 8.36. The lowest BCUT2D eigenvalue weighted by Crippen LogP contribution is -2.34. The number of halogens is 1. The van der Waals surface area contributed by atoms with E-state index in [2.05, 4.69) is 39.0 Å². The van der Waals surface area contributed by atoms with Gasteiger partial charge in [-0.15, -0.1) is 0 Å². The second-order valence-corrected chi connectivity index (χ2v) is 14.3. The van der Waals surface area contributed by atoms with Crippen LogP contribution >= 0.6 is 15.9 Å². The number of nitrogens with one attached hydrogen (secondary N) is 2. The van der Waals surface area contributed by atoms with Gasteiger partial charge < -0.3 is 14.8 Å². The van der Waals surface area contributed by atoms with Gasteiger partial charge in [0.1, 0.15) is 0 Å². The van der Waals surface area contributed by atoms with E-state index in [4.69, 9.17) is 9.47 Å². The van der Waals surface area contributed by atoms with Crippen molar-refractivity contribution in [2.24, 2.45) is 5.92 Å². The molecular formula is C31H44BrN3O5S. The van der Waals surface area contributed by atoms with Gasteiger partial charge in [-0.25, -0.2) is 13.1 Å². The molecule has 0 amide bonds. The number of ether oxygens (including phenoxy) is 2. The molecule has 8 nitrogen and oxygen atoms in total. The maximum Gasteiger partial charge on any atom is 0.213 e. The second-order valence-electron chi connectivity index (χ2n) is 11.1. The average Bonchev–Trinajstić information content (AvgIpc) is 2.90. The highest BCUT2D eigenvalue weighted by molar-refractivity contribution is 9.10. The number of ketones is 1. The average molecular weight is 651 g/mol. The van der Waals surface area contributed by atoms with Crippen LogP contribution in [0.15, 0.2) is 39.1 Å². The van der Waals surface area contributed by atoms with Gasteiger partial charge in [-0.1, -0.05) is 26.2 Å². The summed E-state index contributed by atoms with van der Waals surface area (Å²) >= 11 is 3.67. The van der Waals surface area contributed by atoms with E-state index in [9.17, 15) is 18.5 Å². The first-order chi connectivity index (χ1) is 19.5. The first-order valence-corrected chi connectivity index (χ1v) is 17.1. The molecule has 1 heterocycles. The van der Waals surface area contributed by atoms with Crippen LogP contribution in [0.4, 0.5) is 0 Å². The summed E-state index contributed by atoms with van der Waals surface area (Å²) in [7, 11) is -3.22. The maximum absolute atomic E-state index is 13.4. The highest BCUT2D eigenvalue weighted by Crippen LogP contribution is 2.47. The van der Waals surface area contributed by atoms with E-state index in [1.54, 1.807) is 13.8 Å². The Kier molecular flexibility index (Phi) is 12.3. The molecule has 0 aromatic heterocycles. The number of dihydropyridines is 1. The number of unbranched alkanes of at least 4 members (excludes halogenated alkanes) is 3. The zero-order chi connectivity index (χ0) is 30.2. The lowest BCUT2D eigenvalue weighted by Gasteiger charge is -2.35. The fraction of sp³-hybridized carbons (Fsp3) is 0.613. The predicted octanol–water partition coefficient (Wildman–Crippen LogP) is 6.63. The molecule has 41 heavy (non-hydrogen) atoms. The second kappa shape index (κ2) is 15.2. The van der Waals surface area contributed by atoms with Gasteiger partial charge in [-0.05, 0) is 92.9 Å². The van der Waals surface area contributed by atoms with Crippen LogP contribution in [0.25, 0.3) is 0 Å². The largest absolute Gasteiger partial charge is 0.490 e. The van der Waals surface area contributed by atoms with Gasteiger partial charge in [0.25, 0.3) is 0 Å². The molecule has 1 aliphatic heterocycles. The Bertz CT molecular complexity index is 1310. The van der Waals surface area contributed by atoms with Crippen LogP contribution in [-0.2, 0) is 14.8 Å². The number of allylic oxidation sites excluding steroid dienone is 4. The van der Waals surface area contributed by atoms with Crippen molar-refractivity contribution >= 4 is 31.7 Å². The number of hydrogen-bond donors (Lipinski definition) is 2. The van der Waals surface area contributed by atoms with E-state index in [1.807, 2.05) is 26.0 Å². The fourth-order valence-electron chi connectivity index (χ4n) is 5.51. The Morgan fingerprint density at radius 2 is 1.88 bits per heavy atom. The quantitative estimate of drug-likeness (QED) is 0.205. The lowest BCUT2D eigenvalue weighted by molar-refractivity contribution is -0.117. The van der Waals surface area contributed by atoms with E-state index in [0.29, 0.717) is 59.2 Å². The monoisotopic (exact) mass is 649 g/mol. The number of benzene rings is 1. The number of hydrogen-bond acceptors (Lipinski definition) is 7. The standard InChI is InChI=1S/C31H44BrN3O5S/c1-6-12-22-15-26-30(27(36)16-22)29(24(19-33)21(5)35-26)23-17-25(32)31(28(18-23)39-7-2)40-14-11-9-8-10-13-34-41(37,38)20(3)4/h17-18,20,22,29,34-35H,6-16H2,1-5H3. The summed E-state index contributed by atoms with van der Waals surface area (Å²) in [5.74, 6) is 1.14. The summed E-state index contributed by atoms with van der Waals surface area (Å²) in [6.07, 6.45) is 6.75. The molecule has 1 aliphatic carbocycles. The Morgan fingerprint density at radius 3 is 2.54 bits per heavy atom. The normalized spacial score (nSPS) is 19.2. The molecule has 2 N–H and O–H groups in total. The number of carbonyl (C=O) groups is 1. The van der Waals surface area contributed by atoms with Crippen molar-refractivity contribution in [3.8, 4) is 17.6 Å². The number of rotatable bonds is 15. The van der Waals surface area contributed by atoms with Crippen LogP contribution < -0.4 is 19.5 Å². The van der Waals surface area contributed by atoms with Crippen molar-refractivity contribution < 1.29 is 22.7 Å². The topological polar surface area (TPSA) is 118 Å². The minimum Gasteiger partial charge on any atom is -0.490 e. The van der Waals surface area contributed by atoms with Crippen LogP contribution in [0.5, 0.6) is 11.5 Å². The SMILES string of the molecule is CCCC1CC(=O)C2=C(C1)NC(C)=C(C#N)C2c1cc(Br)c(OCCCCCCNS(=O)(=O)C(C)C)c(OCC)c1. The van der Waals surface area contributed by atoms with Gasteiger partial charge in [0.05, 0.1) is 40.5 Å². The summed E-state index contributed by atoms with van der Waals surface area (Å²) in [6, 6.07) is 6.20. The van der Waals surface area contributed by atoms with Crippen LogP contribution in [0.3, 0.4) is 0 Å². The van der Waals surface area contributed by atoms with E-state index in [-0.39, 0.29) is 5.78 Å². The first kappa shape index (κ1) is 33.2. The minimum absolute atomic E-state index is 0.105. The van der Waals surface area contributed by atoms with Crippen LogP contribution in [-0.4, -0.2) is 39.2 Å². The Morgan fingerprint density at radius 1 is 1.15 bits per heavy atom. The van der Waals surface area contributed by atoms with Gasteiger partial charge in [0, 0.05) is 29.9 Å². The molecule has 2 atom stereocenters. The van der Waals surface area contributed by atoms with E-state index in [1.165, 1.54) is 0 Å². The molecule has 2 aliphatic rings. The van der Waals surface area contributed by atoms with Crippen molar-refractivity contribution in [3.63, 3.8) is 0 Å². The van der Waals surface area contributed by atoms with Gasteiger partial charge >= 0.3 is 0 Å². The molecule has 0 bridgehead atoms. The smallest absolute Gasteiger partial charge is 0.213 e. The molecule has 1 aromatic rings. The lowest BCUT2D eigenvalue weighted by atomic mass is 9.72. The first-order valence-electron chi connectivity index (χ1n) is 14.8. The Labute approximate surface area is 254 Å². The Balaban J connectivity index is 1.74. The number of nitrogens with zero attached hydrogens (tertiary/aromatic N) is 1. The van der Waals surface area contributed by atoms with Crippen LogP contribution in [0.1, 0.15) is 97.5 Å². The van der Waals surface area contributed by atoms with Crippen molar-refractivity contribution in [2.45, 2.75) is 97.2 Å². The molecule has 10 heteroatoms. The summed E-state index contributed by atoms with van der Waals surface area (Å²) < 4.78 is 39.2. The van der Waals surface area contributed by atoms with Crippen LogP contribution in [0, 0.1) is 17.2 Å². The summed E-state index contributed by atoms with van der Waals surface area (Å²) in [6.45, 7) is 10.7. The summed E-state index contributed by atoms with van der Waals surface area (Å²) in [5, 5.41) is 13.1. The molecule has 3 rings (SSSR count). The molecule has 0 radical (unpaired) electrons.